The highest BCUT2D eigenvalue weighted by atomic mass is 35.5. The molecular formula is C25H31ClN2O2. The van der Waals surface area contributed by atoms with Crippen LogP contribution in [0, 0.1) is 13.8 Å². The van der Waals surface area contributed by atoms with Crippen LogP contribution in [0.4, 0.5) is 0 Å². The van der Waals surface area contributed by atoms with Gasteiger partial charge in [-0.3, -0.25) is 9.59 Å². The minimum Gasteiger partial charge on any atom is -0.348 e. The van der Waals surface area contributed by atoms with Crippen molar-refractivity contribution < 1.29 is 9.59 Å². The second-order valence-electron chi connectivity index (χ2n) is 8.55. The summed E-state index contributed by atoms with van der Waals surface area (Å²) in [5, 5.41) is 4.45. The number of hydrogen-bond acceptors (Lipinski definition) is 2. The summed E-state index contributed by atoms with van der Waals surface area (Å²) in [5.74, 6) is -0.0955. The number of fused-ring (bicyclic) bond motifs is 1. The second-order valence-corrected chi connectivity index (χ2v) is 8.99. The molecule has 1 heterocycles. The van der Waals surface area contributed by atoms with Gasteiger partial charge in [0.05, 0.1) is 11.1 Å². The predicted molar refractivity (Wildman–Crippen MR) is 124 cm³/mol. The van der Waals surface area contributed by atoms with E-state index in [4.69, 9.17) is 11.6 Å². The maximum absolute atomic E-state index is 13.2. The zero-order valence-electron chi connectivity index (χ0n) is 18.8. The highest BCUT2D eigenvalue weighted by molar-refractivity contribution is 6.32. The van der Waals surface area contributed by atoms with E-state index in [1.54, 1.807) is 6.07 Å². The van der Waals surface area contributed by atoms with E-state index in [9.17, 15) is 9.59 Å². The SMILES string of the molecule is CCCC1=C(CNC(=O)c2cc(Cl)cc3c2c(C)c(C)n3C(C)C)C(=O)CC(C)=C1. The van der Waals surface area contributed by atoms with Crippen LogP contribution in [-0.4, -0.2) is 22.8 Å². The van der Waals surface area contributed by atoms with Crippen LogP contribution in [0.25, 0.3) is 10.9 Å². The largest absolute Gasteiger partial charge is 0.348 e. The molecule has 5 heteroatoms. The highest BCUT2D eigenvalue weighted by Gasteiger charge is 2.23. The van der Waals surface area contributed by atoms with E-state index in [1.807, 2.05) is 19.9 Å². The molecule has 0 saturated heterocycles. The van der Waals surface area contributed by atoms with Gasteiger partial charge in [-0.1, -0.05) is 36.6 Å². The van der Waals surface area contributed by atoms with Crippen LogP contribution in [0.1, 0.15) is 74.6 Å². The molecule has 4 nitrogen and oxygen atoms in total. The molecule has 0 radical (unpaired) electrons. The smallest absolute Gasteiger partial charge is 0.252 e. The van der Waals surface area contributed by atoms with Gasteiger partial charge in [-0.25, -0.2) is 0 Å². The molecule has 1 N–H and O–H groups in total. The van der Waals surface area contributed by atoms with E-state index in [-0.39, 0.29) is 24.3 Å². The van der Waals surface area contributed by atoms with E-state index in [0.29, 0.717) is 17.0 Å². The Morgan fingerprint density at radius 3 is 2.57 bits per heavy atom. The lowest BCUT2D eigenvalue weighted by Crippen LogP contribution is -2.29. The Hall–Kier alpha value is -2.33. The second kappa shape index (κ2) is 8.81. The standard InChI is InChI=1S/C25H31ClN2O2/c1-7-8-18-9-15(4)10-23(29)21(18)13-27-25(30)20-11-19(26)12-22-24(20)16(5)17(6)28(22)14(2)3/h9,11-12,14H,7-8,10,13H2,1-6H3,(H,27,30). The van der Waals surface area contributed by atoms with E-state index in [1.165, 1.54) is 0 Å². The van der Waals surface area contributed by atoms with Crippen molar-refractivity contribution in [2.24, 2.45) is 0 Å². The number of rotatable bonds is 6. The molecule has 0 spiro atoms. The maximum Gasteiger partial charge on any atom is 0.252 e. The van der Waals surface area contributed by atoms with Gasteiger partial charge < -0.3 is 9.88 Å². The summed E-state index contributed by atoms with van der Waals surface area (Å²) >= 11 is 6.39. The molecule has 0 atom stereocenters. The molecular weight excluding hydrogens is 396 g/mol. The number of carbonyl (C=O) groups excluding carboxylic acids is 2. The predicted octanol–water partition coefficient (Wildman–Crippen LogP) is 6.24. The number of amides is 1. The summed E-state index contributed by atoms with van der Waals surface area (Å²) in [6.45, 7) is 12.7. The summed E-state index contributed by atoms with van der Waals surface area (Å²) < 4.78 is 2.22. The number of allylic oxidation sites excluding steroid dienone is 3. The average molecular weight is 427 g/mol. The Morgan fingerprint density at radius 2 is 1.93 bits per heavy atom. The quantitative estimate of drug-likeness (QED) is 0.594. The fourth-order valence-electron chi connectivity index (χ4n) is 4.51. The number of nitrogens with zero attached hydrogens (tertiary/aromatic N) is 1. The van der Waals surface area contributed by atoms with Crippen LogP contribution in [0.3, 0.4) is 0 Å². The van der Waals surface area contributed by atoms with Crippen molar-refractivity contribution in [2.45, 2.75) is 66.8 Å². The first kappa shape index (κ1) is 22.4. The molecule has 1 aromatic heterocycles. The van der Waals surface area contributed by atoms with Crippen molar-refractivity contribution >= 4 is 34.2 Å². The molecule has 0 fully saturated rings. The summed E-state index contributed by atoms with van der Waals surface area (Å²) in [4.78, 5) is 25.8. The van der Waals surface area contributed by atoms with E-state index in [2.05, 4.69) is 43.7 Å². The molecule has 0 unspecified atom stereocenters. The third kappa shape index (κ3) is 4.11. The van der Waals surface area contributed by atoms with Crippen molar-refractivity contribution in [1.82, 2.24) is 9.88 Å². The third-order valence-corrected chi connectivity index (χ3v) is 6.13. The molecule has 1 aliphatic carbocycles. The number of Topliss-reactive ketones (excluding diaryl/α,β-unsaturated/α-hetero) is 1. The van der Waals surface area contributed by atoms with Gasteiger partial charge in [0.15, 0.2) is 5.78 Å². The van der Waals surface area contributed by atoms with Gasteiger partial charge >= 0.3 is 0 Å². The molecule has 0 bridgehead atoms. The average Bonchev–Trinajstić information content (AvgIpc) is 2.90. The number of halogens is 1. The molecule has 2 aromatic rings. The lowest BCUT2D eigenvalue weighted by atomic mass is 9.89. The Bertz CT molecular complexity index is 1090. The fraction of sp³-hybridized carbons (Fsp3) is 0.440. The molecule has 0 aliphatic heterocycles. The lowest BCUT2D eigenvalue weighted by molar-refractivity contribution is -0.115. The summed E-state index contributed by atoms with van der Waals surface area (Å²) in [6, 6.07) is 3.91. The number of benzene rings is 1. The van der Waals surface area contributed by atoms with Crippen LogP contribution < -0.4 is 5.32 Å². The minimum absolute atomic E-state index is 0.105. The minimum atomic E-state index is -0.200. The van der Waals surface area contributed by atoms with Gasteiger partial charge in [0.1, 0.15) is 0 Å². The van der Waals surface area contributed by atoms with Crippen molar-refractivity contribution in [1.29, 1.82) is 0 Å². The van der Waals surface area contributed by atoms with Gasteiger partial charge in [0.2, 0.25) is 0 Å². The number of ketones is 1. The topological polar surface area (TPSA) is 51.1 Å². The van der Waals surface area contributed by atoms with Gasteiger partial charge in [-0.2, -0.15) is 0 Å². The molecule has 1 aliphatic rings. The maximum atomic E-state index is 13.2. The number of hydrogen-bond donors (Lipinski definition) is 1. The van der Waals surface area contributed by atoms with Crippen LogP contribution >= 0.6 is 11.6 Å². The highest BCUT2D eigenvalue weighted by Crippen LogP contribution is 2.33. The van der Waals surface area contributed by atoms with Crippen LogP contribution in [0.2, 0.25) is 5.02 Å². The molecule has 30 heavy (non-hydrogen) atoms. The fourth-order valence-corrected chi connectivity index (χ4v) is 4.72. The van der Waals surface area contributed by atoms with Crippen LogP contribution in [0.15, 0.2) is 34.9 Å². The number of carbonyl (C=O) groups is 2. The van der Waals surface area contributed by atoms with Crippen LogP contribution in [0.5, 0.6) is 0 Å². The first-order valence-corrected chi connectivity index (χ1v) is 11.0. The first-order valence-electron chi connectivity index (χ1n) is 10.7. The number of nitrogens with one attached hydrogen (secondary N) is 1. The Labute approximate surface area is 184 Å². The van der Waals surface area contributed by atoms with Crippen molar-refractivity contribution in [3.63, 3.8) is 0 Å². The van der Waals surface area contributed by atoms with E-state index < -0.39 is 0 Å². The zero-order valence-corrected chi connectivity index (χ0v) is 19.5. The molecule has 1 aromatic carbocycles. The molecule has 0 saturated carbocycles. The zero-order chi connectivity index (χ0) is 22.2. The van der Waals surface area contributed by atoms with Crippen molar-refractivity contribution in [2.75, 3.05) is 6.54 Å². The van der Waals surface area contributed by atoms with E-state index >= 15 is 0 Å². The van der Waals surface area contributed by atoms with Gasteiger partial charge in [-0.15, -0.1) is 0 Å². The van der Waals surface area contributed by atoms with Crippen molar-refractivity contribution in [3.8, 4) is 0 Å². The van der Waals surface area contributed by atoms with Gasteiger partial charge in [0.25, 0.3) is 5.91 Å². The summed E-state index contributed by atoms with van der Waals surface area (Å²) in [7, 11) is 0. The monoisotopic (exact) mass is 426 g/mol. The first-order chi connectivity index (χ1) is 14.1. The lowest BCUT2D eigenvalue weighted by Gasteiger charge is -2.18. The molecule has 160 valence electrons. The number of aryl methyl sites for hydroxylation is 1. The number of aromatic nitrogens is 1. The normalized spacial score (nSPS) is 14.7. The summed E-state index contributed by atoms with van der Waals surface area (Å²) in [6.07, 6.45) is 4.32. The molecule has 3 rings (SSSR count). The van der Waals surface area contributed by atoms with Gasteiger partial charge in [-0.05, 0) is 64.3 Å². The van der Waals surface area contributed by atoms with Crippen molar-refractivity contribution in [3.05, 3.63) is 56.8 Å². The van der Waals surface area contributed by atoms with Gasteiger partial charge in [0, 0.05) is 40.7 Å². The Kier molecular flexibility index (Phi) is 6.56. The molecule has 1 amide bonds. The summed E-state index contributed by atoms with van der Waals surface area (Å²) in [5.41, 5.74) is 6.59. The Morgan fingerprint density at radius 1 is 1.23 bits per heavy atom. The van der Waals surface area contributed by atoms with Crippen LogP contribution in [-0.2, 0) is 4.79 Å². The third-order valence-electron chi connectivity index (χ3n) is 5.91. The Balaban J connectivity index is 1.99. The van der Waals surface area contributed by atoms with E-state index in [0.717, 1.165) is 51.7 Å².